The van der Waals surface area contributed by atoms with Crippen molar-refractivity contribution < 1.29 is 9.18 Å². The zero-order valence-corrected chi connectivity index (χ0v) is 17.8. The maximum absolute atomic E-state index is 14.2. The van der Waals surface area contributed by atoms with Crippen LogP contribution in [0.1, 0.15) is 30.4 Å². The normalized spacial score (nSPS) is 19.7. The molecule has 3 heterocycles. The van der Waals surface area contributed by atoms with E-state index >= 15 is 0 Å². The van der Waals surface area contributed by atoms with Crippen molar-refractivity contribution in [3.05, 3.63) is 53.3 Å². The lowest BCUT2D eigenvalue weighted by Crippen LogP contribution is -2.47. The Morgan fingerprint density at radius 2 is 2.00 bits per heavy atom. The number of amides is 1. The maximum atomic E-state index is 14.2. The summed E-state index contributed by atoms with van der Waals surface area (Å²) in [5.74, 6) is 0.949. The van der Waals surface area contributed by atoms with Gasteiger partial charge in [-0.2, -0.15) is 4.37 Å². The molecular formula is C23H25FN4OS. The fraction of sp³-hybridized carbons (Fsp3) is 0.391. The van der Waals surface area contributed by atoms with Crippen molar-refractivity contribution in [2.24, 2.45) is 0 Å². The SMILES string of the molecule is CC1CC(=O)Nc2c(CCN3CCN(c4nsc5ccccc45)CC3)cc(F)cc21. The molecule has 1 amide bonds. The minimum Gasteiger partial charge on any atom is -0.353 e. The summed E-state index contributed by atoms with van der Waals surface area (Å²) in [6.07, 6.45) is 1.15. The number of hydrogen-bond acceptors (Lipinski definition) is 5. The van der Waals surface area contributed by atoms with Crippen LogP contribution < -0.4 is 10.2 Å². The van der Waals surface area contributed by atoms with E-state index in [1.54, 1.807) is 23.7 Å². The monoisotopic (exact) mass is 424 g/mol. The Kier molecular flexibility index (Phi) is 5.16. The third-order valence-electron chi connectivity index (χ3n) is 6.23. The van der Waals surface area contributed by atoms with Crippen LogP contribution in [0.2, 0.25) is 0 Å². The quantitative estimate of drug-likeness (QED) is 0.680. The van der Waals surface area contributed by atoms with Gasteiger partial charge in [0.15, 0.2) is 0 Å². The Hall–Kier alpha value is -2.51. The summed E-state index contributed by atoms with van der Waals surface area (Å²) in [6.45, 7) is 6.61. The molecule has 0 spiro atoms. The highest BCUT2D eigenvalue weighted by atomic mass is 32.1. The average Bonchev–Trinajstić information content (AvgIpc) is 3.17. The van der Waals surface area contributed by atoms with Gasteiger partial charge < -0.3 is 10.2 Å². The lowest BCUT2D eigenvalue weighted by atomic mass is 9.89. The van der Waals surface area contributed by atoms with E-state index < -0.39 is 0 Å². The van der Waals surface area contributed by atoms with Crippen LogP contribution in [0.15, 0.2) is 36.4 Å². The van der Waals surface area contributed by atoms with Gasteiger partial charge in [-0.05, 0) is 59.3 Å². The summed E-state index contributed by atoms with van der Waals surface area (Å²) < 4.78 is 20.1. The molecule has 1 saturated heterocycles. The molecule has 3 aromatic rings. The molecule has 1 N–H and O–H groups in total. The number of fused-ring (bicyclic) bond motifs is 2. The van der Waals surface area contributed by atoms with Crippen molar-refractivity contribution in [1.29, 1.82) is 0 Å². The standard InChI is InChI=1S/C23H25FN4OS/c1-15-12-21(29)25-22-16(13-17(24)14-19(15)22)6-7-27-8-10-28(11-9-27)23-18-4-2-3-5-20(18)30-26-23/h2-5,13-15H,6-12H2,1H3,(H,25,29). The number of aromatic nitrogens is 1. The highest BCUT2D eigenvalue weighted by Crippen LogP contribution is 2.35. The Morgan fingerprint density at radius 1 is 1.20 bits per heavy atom. The van der Waals surface area contributed by atoms with Crippen LogP contribution in [-0.2, 0) is 11.2 Å². The summed E-state index contributed by atoms with van der Waals surface area (Å²) in [7, 11) is 0. The van der Waals surface area contributed by atoms with Crippen molar-refractivity contribution in [2.45, 2.75) is 25.7 Å². The zero-order valence-electron chi connectivity index (χ0n) is 17.0. The Labute approximate surface area is 179 Å². The van der Waals surface area contributed by atoms with Crippen LogP contribution in [0, 0.1) is 5.82 Å². The minimum absolute atomic E-state index is 0.0203. The number of carbonyl (C=O) groups excluding carboxylic acids is 1. The van der Waals surface area contributed by atoms with Crippen molar-refractivity contribution in [3.63, 3.8) is 0 Å². The Balaban J connectivity index is 1.24. The van der Waals surface area contributed by atoms with Crippen LogP contribution >= 0.6 is 11.5 Å². The van der Waals surface area contributed by atoms with Crippen LogP contribution in [0.25, 0.3) is 10.1 Å². The van der Waals surface area contributed by atoms with Gasteiger partial charge in [-0.1, -0.05) is 19.1 Å². The highest BCUT2D eigenvalue weighted by Gasteiger charge is 2.26. The molecule has 1 unspecified atom stereocenters. The fourth-order valence-electron chi connectivity index (χ4n) is 4.57. The second-order valence-corrected chi connectivity index (χ2v) is 9.07. The van der Waals surface area contributed by atoms with E-state index in [-0.39, 0.29) is 17.6 Å². The van der Waals surface area contributed by atoms with Crippen molar-refractivity contribution in [2.75, 3.05) is 42.9 Å². The van der Waals surface area contributed by atoms with Crippen molar-refractivity contribution >= 4 is 39.0 Å². The molecule has 5 rings (SSSR count). The number of nitrogens with zero attached hydrogens (tertiary/aromatic N) is 3. The molecule has 30 heavy (non-hydrogen) atoms. The number of carbonyl (C=O) groups is 1. The summed E-state index contributed by atoms with van der Waals surface area (Å²) in [5, 5.41) is 4.21. The molecule has 2 aromatic carbocycles. The van der Waals surface area contributed by atoms with E-state index in [4.69, 9.17) is 0 Å². The second kappa shape index (κ2) is 7.96. The van der Waals surface area contributed by atoms with Crippen LogP contribution in [0.4, 0.5) is 15.9 Å². The van der Waals surface area contributed by atoms with Crippen molar-refractivity contribution in [1.82, 2.24) is 9.27 Å². The van der Waals surface area contributed by atoms with E-state index in [9.17, 15) is 9.18 Å². The summed E-state index contributed by atoms with van der Waals surface area (Å²) in [4.78, 5) is 16.8. The topological polar surface area (TPSA) is 48.5 Å². The molecule has 7 heteroatoms. The number of hydrogen-bond donors (Lipinski definition) is 1. The number of nitrogens with one attached hydrogen (secondary N) is 1. The molecular weight excluding hydrogens is 399 g/mol. The molecule has 5 nitrogen and oxygen atoms in total. The third kappa shape index (κ3) is 3.68. The third-order valence-corrected chi connectivity index (χ3v) is 7.05. The van der Waals surface area contributed by atoms with Crippen LogP contribution in [-0.4, -0.2) is 47.9 Å². The molecule has 0 bridgehead atoms. The van der Waals surface area contributed by atoms with Gasteiger partial charge in [-0.3, -0.25) is 9.69 Å². The first-order valence-electron chi connectivity index (χ1n) is 10.5. The molecule has 0 aliphatic carbocycles. The average molecular weight is 425 g/mol. The molecule has 1 aromatic heterocycles. The lowest BCUT2D eigenvalue weighted by molar-refractivity contribution is -0.116. The first-order chi connectivity index (χ1) is 14.6. The van der Waals surface area contributed by atoms with Gasteiger partial charge in [-0.15, -0.1) is 0 Å². The smallest absolute Gasteiger partial charge is 0.224 e. The highest BCUT2D eigenvalue weighted by molar-refractivity contribution is 7.13. The first-order valence-corrected chi connectivity index (χ1v) is 11.3. The number of benzene rings is 2. The number of rotatable bonds is 4. The van der Waals surface area contributed by atoms with E-state index in [0.29, 0.717) is 6.42 Å². The molecule has 2 aliphatic heterocycles. The fourth-order valence-corrected chi connectivity index (χ4v) is 5.36. The van der Waals surface area contributed by atoms with Gasteiger partial charge in [0.25, 0.3) is 0 Å². The van der Waals surface area contributed by atoms with Gasteiger partial charge in [0.05, 0.1) is 4.70 Å². The van der Waals surface area contributed by atoms with Gasteiger partial charge in [0, 0.05) is 50.2 Å². The number of anilines is 2. The van der Waals surface area contributed by atoms with E-state index in [1.807, 2.05) is 6.92 Å². The van der Waals surface area contributed by atoms with Gasteiger partial charge in [-0.25, -0.2) is 4.39 Å². The molecule has 1 fully saturated rings. The molecule has 0 saturated carbocycles. The summed E-state index contributed by atoms with van der Waals surface area (Å²) in [6, 6.07) is 11.5. The molecule has 2 aliphatic rings. The van der Waals surface area contributed by atoms with Gasteiger partial charge in [0.2, 0.25) is 5.91 Å². The second-order valence-electron chi connectivity index (χ2n) is 8.26. The van der Waals surface area contributed by atoms with E-state index in [1.165, 1.54) is 10.1 Å². The molecule has 156 valence electrons. The molecule has 0 radical (unpaired) electrons. The van der Waals surface area contributed by atoms with E-state index in [2.05, 4.69) is 43.8 Å². The summed E-state index contributed by atoms with van der Waals surface area (Å²) >= 11 is 1.56. The molecule has 1 atom stereocenters. The predicted octanol–water partition coefficient (Wildman–Crippen LogP) is 4.25. The Bertz CT molecular complexity index is 1090. The number of piperazine rings is 1. The van der Waals surface area contributed by atoms with Crippen LogP contribution in [0.5, 0.6) is 0 Å². The minimum atomic E-state index is -0.216. The first kappa shape index (κ1) is 19.5. The largest absolute Gasteiger partial charge is 0.353 e. The maximum Gasteiger partial charge on any atom is 0.224 e. The Morgan fingerprint density at radius 3 is 2.83 bits per heavy atom. The van der Waals surface area contributed by atoms with Crippen molar-refractivity contribution in [3.8, 4) is 0 Å². The summed E-state index contributed by atoms with van der Waals surface area (Å²) in [5.41, 5.74) is 2.65. The predicted molar refractivity (Wildman–Crippen MR) is 120 cm³/mol. The van der Waals surface area contributed by atoms with Gasteiger partial charge >= 0.3 is 0 Å². The lowest BCUT2D eigenvalue weighted by Gasteiger charge is -2.35. The van der Waals surface area contributed by atoms with Gasteiger partial charge in [0.1, 0.15) is 11.6 Å². The number of halogens is 1. The zero-order chi connectivity index (χ0) is 20.7. The van der Waals surface area contributed by atoms with E-state index in [0.717, 1.165) is 61.8 Å². The van der Waals surface area contributed by atoms with Crippen LogP contribution in [0.3, 0.4) is 0 Å².